The second kappa shape index (κ2) is 6.87. The standard InChI is InChI=1S/C18H20ClNS/c19-14-7-4-8-15(11-14)21-12-18(20)17-10-2-1-9-16(17)13-5-3-6-13/h1-2,4,7-11,13,18H,3,5-6,12,20H2. The Morgan fingerprint density at radius 2 is 1.95 bits per heavy atom. The molecule has 1 atom stereocenters. The van der Waals surface area contributed by atoms with E-state index in [4.69, 9.17) is 17.3 Å². The van der Waals surface area contributed by atoms with Crippen molar-refractivity contribution in [3.05, 3.63) is 64.7 Å². The van der Waals surface area contributed by atoms with Crippen LogP contribution in [-0.2, 0) is 0 Å². The van der Waals surface area contributed by atoms with Gasteiger partial charge in [0.1, 0.15) is 0 Å². The van der Waals surface area contributed by atoms with Crippen molar-refractivity contribution in [1.29, 1.82) is 0 Å². The Labute approximate surface area is 135 Å². The molecule has 1 unspecified atom stereocenters. The Morgan fingerprint density at radius 3 is 2.67 bits per heavy atom. The molecular weight excluding hydrogens is 298 g/mol. The van der Waals surface area contributed by atoms with Gasteiger partial charge in [0.05, 0.1) is 0 Å². The lowest BCUT2D eigenvalue weighted by Crippen LogP contribution is -2.19. The van der Waals surface area contributed by atoms with Crippen LogP contribution in [0.1, 0.15) is 42.3 Å². The zero-order valence-electron chi connectivity index (χ0n) is 12.0. The van der Waals surface area contributed by atoms with E-state index in [1.165, 1.54) is 35.3 Å². The predicted octanol–water partition coefficient (Wildman–Crippen LogP) is 5.40. The van der Waals surface area contributed by atoms with Gasteiger partial charge < -0.3 is 5.73 Å². The Bertz CT molecular complexity index is 610. The average molecular weight is 318 g/mol. The fourth-order valence-corrected chi connectivity index (χ4v) is 3.96. The van der Waals surface area contributed by atoms with Crippen molar-refractivity contribution in [2.24, 2.45) is 5.73 Å². The monoisotopic (exact) mass is 317 g/mol. The van der Waals surface area contributed by atoms with Crippen molar-refractivity contribution in [2.45, 2.75) is 36.1 Å². The minimum Gasteiger partial charge on any atom is -0.323 e. The van der Waals surface area contributed by atoms with Crippen LogP contribution >= 0.6 is 23.4 Å². The first kappa shape index (κ1) is 15.0. The molecule has 0 spiro atoms. The molecule has 0 aliphatic heterocycles. The predicted molar refractivity (Wildman–Crippen MR) is 92.1 cm³/mol. The second-order valence-electron chi connectivity index (χ2n) is 5.63. The molecule has 0 amide bonds. The largest absolute Gasteiger partial charge is 0.323 e. The molecule has 1 saturated carbocycles. The third-order valence-electron chi connectivity index (χ3n) is 4.17. The van der Waals surface area contributed by atoms with Crippen LogP contribution in [0.2, 0.25) is 5.02 Å². The molecular formula is C18H20ClNS. The summed E-state index contributed by atoms with van der Waals surface area (Å²) in [5, 5.41) is 0.781. The third-order valence-corrected chi connectivity index (χ3v) is 5.51. The number of hydrogen-bond donors (Lipinski definition) is 1. The summed E-state index contributed by atoms with van der Waals surface area (Å²) < 4.78 is 0. The zero-order valence-corrected chi connectivity index (χ0v) is 13.5. The van der Waals surface area contributed by atoms with Gasteiger partial charge in [0.25, 0.3) is 0 Å². The van der Waals surface area contributed by atoms with E-state index in [1.807, 2.05) is 18.2 Å². The molecule has 2 aromatic carbocycles. The lowest BCUT2D eigenvalue weighted by atomic mass is 9.77. The van der Waals surface area contributed by atoms with Gasteiger partial charge in [0.2, 0.25) is 0 Å². The average Bonchev–Trinajstić information content (AvgIpc) is 2.44. The topological polar surface area (TPSA) is 26.0 Å². The highest BCUT2D eigenvalue weighted by atomic mass is 35.5. The molecule has 2 aromatic rings. The Hall–Kier alpha value is -0.960. The highest BCUT2D eigenvalue weighted by Crippen LogP contribution is 2.39. The van der Waals surface area contributed by atoms with Crippen molar-refractivity contribution in [3.63, 3.8) is 0 Å². The van der Waals surface area contributed by atoms with Crippen LogP contribution in [0, 0.1) is 0 Å². The van der Waals surface area contributed by atoms with Crippen LogP contribution in [-0.4, -0.2) is 5.75 Å². The molecule has 2 N–H and O–H groups in total. The maximum atomic E-state index is 6.44. The second-order valence-corrected chi connectivity index (χ2v) is 7.16. The van der Waals surface area contributed by atoms with E-state index in [0.717, 1.165) is 16.7 Å². The van der Waals surface area contributed by atoms with Crippen LogP contribution in [0.15, 0.2) is 53.4 Å². The maximum Gasteiger partial charge on any atom is 0.0417 e. The first-order chi connectivity index (χ1) is 10.2. The van der Waals surface area contributed by atoms with Crippen LogP contribution < -0.4 is 5.73 Å². The molecule has 1 aliphatic carbocycles. The van der Waals surface area contributed by atoms with Gasteiger partial charge in [-0.2, -0.15) is 0 Å². The molecule has 21 heavy (non-hydrogen) atoms. The van der Waals surface area contributed by atoms with Crippen molar-refractivity contribution in [2.75, 3.05) is 5.75 Å². The smallest absolute Gasteiger partial charge is 0.0417 e. The summed E-state index contributed by atoms with van der Waals surface area (Å²) in [6, 6.07) is 16.7. The van der Waals surface area contributed by atoms with E-state index >= 15 is 0 Å². The van der Waals surface area contributed by atoms with Crippen LogP contribution in [0.3, 0.4) is 0 Å². The molecule has 1 aliphatic rings. The fourth-order valence-electron chi connectivity index (χ4n) is 2.77. The first-order valence-corrected chi connectivity index (χ1v) is 8.83. The van der Waals surface area contributed by atoms with E-state index in [0.29, 0.717) is 0 Å². The number of halogens is 1. The fraction of sp³-hybridized carbons (Fsp3) is 0.333. The molecule has 0 bridgehead atoms. The van der Waals surface area contributed by atoms with E-state index in [9.17, 15) is 0 Å². The minimum atomic E-state index is 0.0748. The number of thioether (sulfide) groups is 1. The summed E-state index contributed by atoms with van der Waals surface area (Å²) in [7, 11) is 0. The molecule has 110 valence electrons. The maximum absolute atomic E-state index is 6.44. The van der Waals surface area contributed by atoms with Crippen molar-refractivity contribution in [3.8, 4) is 0 Å². The number of hydrogen-bond acceptors (Lipinski definition) is 2. The Balaban J connectivity index is 1.69. The van der Waals surface area contributed by atoms with Crippen molar-refractivity contribution < 1.29 is 0 Å². The molecule has 1 fully saturated rings. The SMILES string of the molecule is NC(CSc1cccc(Cl)c1)c1ccccc1C1CCC1. The third kappa shape index (κ3) is 3.63. The summed E-state index contributed by atoms with van der Waals surface area (Å²) in [5.74, 6) is 1.60. The molecule has 0 heterocycles. The van der Waals surface area contributed by atoms with Gasteiger partial charge in [-0.15, -0.1) is 11.8 Å². The molecule has 1 nitrogen and oxygen atoms in total. The lowest BCUT2D eigenvalue weighted by Gasteiger charge is -2.29. The minimum absolute atomic E-state index is 0.0748. The van der Waals surface area contributed by atoms with Crippen LogP contribution in [0.4, 0.5) is 0 Å². The summed E-state index contributed by atoms with van der Waals surface area (Å²) in [6.07, 6.45) is 3.97. The van der Waals surface area contributed by atoms with Gasteiger partial charge in [-0.25, -0.2) is 0 Å². The quantitative estimate of drug-likeness (QED) is 0.747. The van der Waals surface area contributed by atoms with Gasteiger partial charge in [-0.1, -0.05) is 48.4 Å². The van der Waals surface area contributed by atoms with Gasteiger partial charge in [0.15, 0.2) is 0 Å². The number of benzene rings is 2. The molecule has 0 saturated heterocycles. The van der Waals surface area contributed by atoms with Gasteiger partial charge in [-0.05, 0) is 48.1 Å². The first-order valence-electron chi connectivity index (χ1n) is 7.47. The van der Waals surface area contributed by atoms with Crippen LogP contribution in [0.25, 0.3) is 0 Å². The number of nitrogens with two attached hydrogens (primary N) is 1. The summed E-state index contributed by atoms with van der Waals surface area (Å²) in [4.78, 5) is 1.18. The van der Waals surface area contributed by atoms with Gasteiger partial charge in [0, 0.05) is 21.7 Å². The lowest BCUT2D eigenvalue weighted by molar-refractivity contribution is 0.416. The number of rotatable bonds is 5. The Morgan fingerprint density at radius 1 is 1.14 bits per heavy atom. The summed E-state index contributed by atoms with van der Waals surface area (Å²) in [6.45, 7) is 0. The highest BCUT2D eigenvalue weighted by molar-refractivity contribution is 7.99. The zero-order chi connectivity index (χ0) is 14.7. The van der Waals surface area contributed by atoms with E-state index in [-0.39, 0.29) is 6.04 Å². The Kier molecular flexibility index (Phi) is 4.89. The summed E-state index contributed by atoms with van der Waals surface area (Å²) >= 11 is 7.80. The molecule has 0 radical (unpaired) electrons. The van der Waals surface area contributed by atoms with E-state index in [1.54, 1.807) is 11.8 Å². The summed E-state index contributed by atoms with van der Waals surface area (Å²) in [5.41, 5.74) is 9.22. The molecule has 3 rings (SSSR count). The van der Waals surface area contributed by atoms with Gasteiger partial charge in [-0.3, -0.25) is 0 Å². The van der Waals surface area contributed by atoms with Crippen molar-refractivity contribution in [1.82, 2.24) is 0 Å². The molecule has 3 heteroatoms. The normalized spacial score (nSPS) is 16.5. The molecule has 0 aromatic heterocycles. The van der Waals surface area contributed by atoms with Crippen LogP contribution in [0.5, 0.6) is 0 Å². The highest BCUT2D eigenvalue weighted by Gasteiger charge is 2.23. The van der Waals surface area contributed by atoms with Gasteiger partial charge >= 0.3 is 0 Å². The van der Waals surface area contributed by atoms with Crippen molar-refractivity contribution >= 4 is 23.4 Å². The van der Waals surface area contributed by atoms with E-state index in [2.05, 4.69) is 30.3 Å². The van der Waals surface area contributed by atoms with E-state index < -0.39 is 0 Å².